The quantitative estimate of drug-likeness (QED) is 0.281. The maximum absolute atomic E-state index is 11.7. The monoisotopic (exact) mass is 391 g/mol. The summed E-state index contributed by atoms with van der Waals surface area (Å²) in [5.41, 5.74) is 1.02. The molecule has 0 radical (unpaired) electrons. The van der Waals surface area contributed by atoms with E-state index in [0.717, 1.165) is 12.0 Å². The maximum Gasteiger partial charge on any atom is 0.407 e. The van der Waals surface area contributed by atoms with Gasteiger partial charge in [0.15, 0.2) is 0 Å². The summed E-state index contributed by atoms with van der Waals surface area (Å²) in [6.45, 7) is 13.2. The van der Waals surface area contributed by atoms with Crippen molar-refractivity contribution in [3.05, 3.63) is 35.9 Å². The summed E-state index contributed by atoms with van der Waals surface area (Å²) in [4.78, 5) is 11.7. The molecule has 0 unspecified atom stereocenters. The van der Waals surface area contributed by atoms with Crippen LogP contribution in [0.1, 0.15) is 77.7 Å². The normalized spacial score (nSPS) is 11.4. The minimum atomic E-state index is -0.315. The SMILES string of the molecule is CC[N+](CC)(CC)CCCCCCCCCCNC(=O)OCc1ccccc1. The molecule has 0 aliphatic heterocycles. The lowest BCUT2D eigenvalue weighted by atomic mass is 10.1. The molecule has 0 saturated heterocycles. The fourth-order valence-electron chi connectivity index (χ4n) is 3.74. The minimum absolute atomic E-state index is 0.315. The number of nitrogens with one attached hydrogen (secondary N) is 1. The van der Waals surface area contributed by atoms with Gasteiger partial charge in [-0.15, -0.1) is 0 Å². The Morgan fingerprint density at radius 1 is 0.821 bits per heavy atom. The molecule has 4 heteroatoms. The molecular weight excluding hydrogens is 348 g/mol. The van der Waals surface area contributed by atoms with Crippen LogP contribution in [0.15, 0.2) is 30.3 Å². The van der Waals surface area contributed by atoms with Crippen LogP contribution in [0.2, 0.25) is 0 Å². The first-order valence-corrected chi connectivity index (χ1v) is 11.5. The topological polar surface area (TPSA) is 38.3 Å². The van der Waals surface area contributed by atoms with Crippen molar-refractivity contribution in [1.29, 1.82) is 0 Å². The van der Waals surface area contributed by atoms with Crippen molar-refractivity contribution in [1.82, 2.24) is 5.32 Å². The van der Waals surface area contributed by atoms with Crippen molar-refractivity contribution in [2.24, 2.45) is 0 Å². The highest BCUT2D eigenvalue weighted by Crippen LogP contribution is 2.12. The van der Waals surface area contributed by atoms with Gasteiger partial charge in [0, 0.05) is 6.54 Å². The third-order valence-corrected chi connectivity index (χ3v) is 6.05. The molecule has 0 aliphatic carbocycles. The summed E-state index contributed by atoms with van der Waals surface area (Å²) in [6.07, 6.45) is 9.92. The minimum Gasteiger partial charge on any atom is -0.445 e. The largest absolute Gasteiger partial charge is 0.445 e. The molecule has 0 fully saturated rings. The second-order valence-electron chi connectivity index (χ2n) is 7.83. The van der Waals surface area contributed by atoms with E-state index in [0.29, 0.717) is 13.2 Å². The van der Waals surface area contributed by atoms with E-state index in [1.807, 2.05) is 30.3 Å². The van der Waals surface area contributed by atoms with Crippen molar-refractivity contribution < 1.29 is 14.0 Å². The van der Waals surface area contributed by atoms with Crippen molar-refractivity contribution in [2.45, 2.75) is 78.7 Å². The fourth-order valence-corrected chi connectivity index (χ4v) is 3.74. The van der Waals surface area contributed by atoms with Crippen molar-refractivity contribution in [2.75, 3.05) is 32.7 Å². The van der Waals surface area contributed by atoms with Gasteiger partial charge in [0.1, 0.15) is 6.61 Å². The zero-order valence-electron chi connectivity index (χ0n) is 18.5. The Morgan fingerprint density at radius 3 is 1.93 bits per heavy atom. The molecule has 1 aromatic rings. The number of hydrogen-bond donors (Lipinski definition) is 1. The number of carbonyl (C=O) groups is 1. The van der Waals surface area contributed by atoms with E-state index in [4.69, 9.17) is 4.74 Å². The van der Waals surface area contributed by atoms with Crippen LogP contribution in [0, 0.1) is 0 Å². The Hall–Kier alpha value is -1.55. The number of benzene rings is 1. The van der Waals surface area contributed by atoms with Crippen LogP contribution in [0.25, 0.3) is 0 Å². The summed E-state index contributed by atoms with van der Waals surface area (Å²) < 4.78 is 6.49. The third-order valence-electron chi connectivity index (χ3n) is 6.05. The van der Waals surface area contributed by atoms with Gasteiger partial charge in [-0.1, -0.05) is 62.4 Å². The van der Waals surface area contributed by atoms with Crippen molar-refractivity contribution >= 4 is 6.09 Å². The van der Waals surface area contributed by atoms with E-state index >= 15 is 0 Å². The summed E-state index contributed by atoms with van der Waals surface area (Å²) in [5.74, 6) is 0. The van der Waals surface area contributed by atoms with Gasteiger partial charge in [-0.3, -0.25) is 0 Å². The Kier molecular flexibility index (Phi) is 13.5. The zero-order valence-corrected chi connectivity index (χ0v) is 18.5. The molecule has 0 aliphatic rings. The van der Waals surface area contributed by atoms with Crippen LogP contribution in [0.5, 0.6) is 0 Å². The van der Waals surface area contributed by atoms with Gasteiger partial charge in [-0.25, -0.2) is 4.79 Å². The number of unbranched alkanes of at least 4 members (excludes halogenated alkanes) is 7. The molecule has 0 bridgehead atoms. The zero-order chi connectivity index (χ0) is 20.5. The molecule has 28 heavy (non-hydrogen) atoms. The highest BCUT2D eigenvalue weighted by atomic mass is 16.5. The smallest absolute Gasteiger partial charge is 0.407 e. The average Bonchev–Trinajstić information content (AvgIpc) is 2.74. The first-order chi connectivity index (χ1) is 13.7. The van der Waals surface area contributed by atoms with Gasteiger partial charge in [-0.05, 0) is 45.6 Å². The van der Waals surface area contributed by atoms with E-state index < -0.39 is 0 Å². The third kappa shape index (κ3) is 10.7. The van der Waals surface area contributed by atoms with E-state index in [1.165, 1.54) is 75.6 Å². The Bertz CT molecular complexity index is 492. The molecule has 4 nitrogen and oxygen atoms in total. The first-order valence-electron chi connectivity index (χ1n) is 11.5. The molecule has 1 aromatic carbocycles. The summed E-state index contributed by atoms with van der Waals surface area (Å²) in [6, 6.07) is 9.77. The molecule has 1 N–H and O–H groups in total. The lowest BCUT2D eigenvalue weighted by Gasteiger charge is -2.35. The summed E-state index contributed by atoms with van der Waals surface area (Å²) >= 11 is 0. The number of nitrogens with zero attached hydrogens (tertiary/aromatic N) is 1. The van der Waals surface area contributed by atoms with Crippen LogP contribution >= 0.6 is 0 Å². The van der Waals surface area contributed by atoms with E-state index in [-0.39, 0.29) is 6.09 Å². The van der Waals surface area contributed by atoms with Crippen LogP contribution in [-0.2, 0) is 11.3 Å². The fraction of sp³-hybridized carbons (Fsp3) is 0.708. The number of quaternary nitrogens is 1. The Labute approximate surface area is 173 Å². The summed E-state index contributed by atoms with van der Waals surface area (Å²) in [7, 11) is 0. The van der Waals surface area contributed by atoms with E-state index in [2.05, 4.69) is 26.1 Å². The van der Waals surface area contributed by atoms with E-state index in [1.54, 1.807) is 0 Å². The van der Waals surface area contributed by atoms with Gasteiger partial charge < -0.3 is 14.5 Å². The second-order valence-corrected chi connectivity index (χ2v) is 7.83. The highest BCUT2D eigenvalue weighted by molar-refractivity contribution is 5.67. The predicted molar refractivity (Wildman–Crippen MR) is 118 cm³/mol. The second kappa shape index (κ2) is 15.4. The number of hydrogen-bond acceptors (Lipinski definition) is 2. The highest BCUT2D eigenvalue weighted by Gasteiger charge is 2.19. The lowest BCUT2D eigenvalue weighted by Crippen LogP contribution is -2.48. The number of carbonyl (C=O) groups excluding carboxylic acids is 1. The standard InChI is InChI=1S/C24H42N2O2/c1-4-26(5-2,6-3)21-17-12-10-8-7-9-11-16-20-25-24(27)28-22-23-18-14-13-15-19-23/h13-15,18-19H,4-12,16-17,20-22H2,1-3H3/p+1. The summed E-state index contributed by atoms with van der Waals surface area (Å²) in [5, 5.41) is 2.84. The van der Waals surface area contributed by atoms with Crippen LogP contribution < -0.4 is 5.32 Å². The van der Waals surface area contributed by atoms with Crippen LogP contribution in [-0.4, -0.2) is 43.3 Å². The van der Waals surface area contributed by atoms with Gasteiger partial charge in [0.2, 0.25) is 0 Å². The molecule has 0 heterocycles. The molecule has 1 rings (SSSR count). The average molecular weight is 392 g/mol. The molecule has 0 aromatic heterocycles. The Balaban J connectivity index is 1.89. The molecule has 160 valence electrons. The van der Waals surface area contributed by atoms with Gasteiger partial charge in [-0.2, -0.15) is 0 Å². The number of amides is 1. The maximum atomic E-state index is 11.7. The first kappa shape index (κ1) is 24.5. The Morgan fingerprint density at radius 2 is 1.36 bits per heavy atom. The predicted octanol–water partition coefficient (Wildman–Crippen LogP) is 5.91. The molecule has 0 saturated carbocycles. The number of ether oxygens (including phenoxy) is 1. The number of rotatable bonds is 16. The van der Waals surface area contributed by atoms with E-state index in [9.17, 15) is 4.79 Å². The molecular formula is C24H43N2O2+. The molecule has 1 amide bonds. The van der Waals surface area contributed by atoms with Gasteiger partial charge >= 0.3 is 6.09 Å². The van der Waals surface area contributed by atoms with Crippen molar-refractivity contribution in [3.8, 4) is 0 Å². The van der Waals surface area contributed by atoms with Crippen LogP contribution in [0.4, 0.5) is 4.79 Å². The molecule has 0 spiro atoms. The van der Waals surface area contributed by atoms with Crippen LogP contribution in [0.3, 0.4) is 0 Å². The molecule has 0 atom stereocenters. The lowest BCUT2D eigenvalue weighted by molar-refractivity contribution is -0.923. The number of alkyl carbamates (subject to hydrolysis) is 1. The van der Waals surface area contributed by atoms with Gasteiger partial charge in [0.05, 0.1) is 26.2 Å². The van der Waals surface area contributed by atoms with Crippen molar-refractivity contribution in [3.63, 3.8) is 0 Å². The van der Waals surface area contributed by atoms with Gasteiger partial charge in [0.25, 0.3) is 0 Å².